The highest BCUT2D eigenvalue weighted by Crippen LogP contribution is 2.06. The van der Waals surface area contributed by atoms with Crippen LogP contribution < -0.4 is 5.64 Å². The molecule has 0 bridgehead atoms. The fourth-order valence-corrected chi connectivity index (χ4v) is 0.241. The van der Waals surface area contributed by atoms with E-state index in [4.69, 9.17) is 10.7 Å². The van der Waals surface area contributed by atoms with Crippen LogP contribution in [0.1, 0.15) is 20.3 Å². The SMILES string of the molecule is CCC(C)B(N)O. The van der Waals surface area contributed by atoms with Gasteiger partial charge < -0.3 is 10.7 Å². The maximum Gasteiger partial charge on any atom is 0.377 e. The van der Waals surface area contributed by atoms with E-state index in [-0.39, 0.29) is 5.82 Å². The number of hydrogen-bond acceptors (Lipinski definition) is 2. The van der Waals surface area contributed by atoms with Crippen LogP contribution in [0.25, 0.3) is 0 Å². The number of rotatable bonds is 2. The van der Waals surface area contributed by atoms with Crippen molar-refractivity contribution in [3.8, 4) is 0 Å². The maximum atomic E-state index is 8.60. The van der Waals surface area contributed by atoms with Gasteiger partial charge in [-0.2, -0.15) is 0 Å². The molecule has 3 heteroatoms. The van der Waals surface area contributed by atoms with E-state index in [1.165, 1.54) is 0 Å². The van der Waals surface area contributed by atoms with Crippen LogP contribution in [0.5, 0.6) is 0 Å². The van der Waals surface area contributed by atoms with E-state index in [1.54, 1.807) is 0 Å². The van der Waals surface area contributed by atoms with Gasteiger partial charge in [-0.25, -0.2) is 0 Å². The first-order chi connectivity index (χ1) is 3.18. The smallest absolute Gasteiger partial charge is 0.377 e. The summed E-state index contributed by atoms with van der Waals surface area (Å²) in [5.41, 5.74) is 5.10. The highest BCUT2D eigenvalue weighted by molar-refractivity contribution is 6.48. The Labute approximate surface area is 44.8 Å². The molecule has 7 heavy (non-hydrogen) atoms. The lowest BCUT2D eigenvalue weighted by atomic mass is 9.69. The second kappa shape index (κ2) is 3.05. The van der Waals surface area contributed by atoms with Gasteiger partial charge in [-0.05, 0) is 5.82 Å². The molecule has 1 atom stereocenters. The zero-order chi connectivity index (χ0) is 5.86. The van der Waals surface area contributed by atoms with E-state index in [0.29, 0.717) is 0 Å². The predicted molar refractivity (Wildman–Crippen MR) is 31.9 cm³/mol. The summed E-state index contributed by atoms with van der Waals surface area (Å²) >= 11 is 0. The Balaban J connectivity index is 3.14. The topological polar surface area (TPSA) is 46.2 Å². The Kier molecular flexibility index (Phi) is 3.04. The standard InChI is InChI=1S/C4H12BNO/c1-3-4(2)5(6)7/h4,7H,3,6H2,1-2H3. The van der Waals surface area contributed by atoms with E-state index in [2.05, 4.69) is 0 Å². The van der Waals surface area contributed by atoms with Gasteiger partial charge in [0.05, 0.1) is 0 Å². The van der Waals surface area contributed by atoms with Crippen molar-refractivity contribution in [2.24, 2.45) is 5.64 Å². The molecule has 0 radical (unpaired) electrons. The summed E-state index contributed by atoms with van der Waals surface area (Å²) in [5, 5.41) is 8.60. The lowest BCUT2D eigenvalue weighted by Gasteiger charge is -2.04. The van der Waals surface area contributed by atoms with Gasteiger partial charge in [0.1, 0.15) is 0 Å². The van der Waals surface area contributed by atoms with Crippen LogP contribution in [0.15, 0.2) is 0 Å². The molecular weight excluding hydrogens is 88.9 g/mol. The average molecular weight is 101 g/mol. The molecule has 0 amide bonds. The Bertz CT molecular complexity index is 49.0. The molecule has 0 aromatic carbocycles. The third-order valence-corrected chi connectivity index (χ3v) is 1.23. The molecule has 0 spiro atoms. The highest BCUT2D eigenvalue weighted by Gasteiger charge is 2.11. The summed E-state index contributed by atoms with van der Waals surface area (Å²) in [6.07, 6.45) is 0.942. The van der Waals surface area contributed by atoms with Crippen LogP contribution in [-0.4, -0.2) is 12.1 Å². The van der Waals surface area contributed by atoms with E-state index < -0.39 is 7.05 Å². The summed E-state index contributed by atoms with van der Waals surface area (Å²) in [5.74, 6) is 0.236. The molecular formula is C4H12BNO. The molecule has 0 aliphatic rings. The van der Waals surface area contributed by atoms with Gasteiger partial charge in [0.25, 0.3) is 0 Å². The first-order valence-electron chi connectivity index (χ1n) is 2.62. The van der Waals surface area contributed by atoms with Crippen LogP contribution in [0.3, 0.4) is 0 Å². The van der Waals surface area contributed by atoms with E-state index in [0.717, 1.165) is 6.42 Å². The molecule has 42 valence electrons. The molecule has 0 aliphatic heterocycles. The van der Waals surface area contributed by atoms with Gasteiger partial charge in [-0.3, -0.25) is 0 Å². The second-order valence-corrected chi connectivity index (χ2v) is 1.88. The molecule has 0 aromatic heterocycles. The number of hydrogen-bond donors (Lipinski definition) is 2. The molecule has 0 saturated heterocycles. The molecule has 2 nitrogen and oxygen atoms in total. The molecule has 0 aliphatic carbocycles. The highest BCUT2D eigenvalue weighted by atomic mass is 16.2. The largest absolute Gasteiger partial charge is 0.437 e. The van der Waals surface area contributed by atoms with Crippen molar-refractivity contribution >= 4 is 7.05 Å². The van der Waals surface area contributed by atoms with E-state index in [1.807, 2.05) is 13.8 Å². The van der Waals surface area contributed by atoms with Crippen LogP contribution in [0.2, 0.25) is 5.82 Å². The third-order valence-electron chi connectivity index (χ3n) is 1.23. The van der Waals surface area contributed by atoms with E-state index >= 15 is 0 Å². The summed E-state index contributed by atoms with van der Waals surface area (Å²) in [4.78, 5) is 0. The molecule has 1 unspecified atom stereocenters. The van der Waals surface area contributed by atoms with Crippen molar-refractivity contribution in [1.29, 1.82) is 0 Å². The minimum Gasteiger partial charge on any atom is -0.437 e. The van der Waals surface area contributed by atoms with Crippen LogP contribution >= 0.6 is 0 Å². The fraction of sp³-hybridized carbons (Fsp3) is 1.00. The van der Waals surface area contributed by atoms with Crippen molar-refractivity contribution in [3.63, 3.8) is 0 Å². The molecule has 0 saturated carbocycles. The van der Waals surface area contributed by atoms with Crippen LogP contribution in [0.4, 0.5) is 0 Å². The van der Waals surface area contributed by atoms with Crippen molar-refractivity contribution < 1.29 is 5.02 Å². The predicted octanol–water partition coefficient (Wildman–Crippen LogP) is 0.226. The quantitative estimate of drug-likeness (QED) is 0.489. The zero-order valence-electron chi connectivity index (χ0n) is 4.89. The molecule has 0 fully saturated rings. The minimum absolute atomic E-state index is 0.236. The van der Waals surface area contributed by atoms with E-state index in [9.17, 15) is 0 Å². The van der Waals surface area contributed by atoms with Gasteiger partial charge >= 0.3 is 7.05 Å². The molecule has 0 heterocycles. The van der Waals surface area contributed by atoms with Crippen molar-refractivity contribution in [3.05, 3.63) is 0 Å². The van der Waals surface area contributed by atoms with Crippen LogP contribution in [-0.2, 0) is 0 Å². The molecule has 0 rings (SSSR count). The fourth-order valence-electron chi connectivity index (χ4n) is 0.241. The monoisotopic (exact) mass is 101 g/mol. The first-order valence-corrected chi connectivity index (χ1v) is 2.62. The lowest BCUT2D eigenvalue weighted by molar-refractivity contribution is 0.544. The van der Waals surface area contributed by atoms with Gasteiger partial charge in [0.2, 0.25) is 0 Å². The Hall–Kier alpha value is -0.0151. The normalized spacial score (nSPS) is 13.7. The average Bonchev–Trinajstić information content (AvgIpc) is 1.65. The molecule has 0 aromatic rings. The van der Waals surface area contributed by atoms with Crippen molar-refractivity contribution in [1.82, 2.24) is 0 Å². The van der Waals surface area contributed by atoms with Gasteiger partial charge in [-0.1, -0.05) is 20.3 Å². The van der Waals surface area contributed by atoms with Gasteiger partial charge in [-0.15, -0.1) is 0 Å². The maximum absolute atomic E-state index is 8.60. The summed E-state index contributed by atoms with van der Waals surface area (Å²) in [6.45, 7) is 3.92. The Morgan fingerprint density at radius 3 is 2.29 bits per heavy atom. The van der Waals surface area contributed by atoms with Crippen molar-refractivity contribution in [2.45, 2.75) is 26.1 Å². The van der Waals surface area contributed by atoms with Crippen molar-refractivity contribution in [2.75, 3.05) is 0 Å². The minimum atomic E-state index is -0.634. The van der Waals surface area contributed by atoms with Gasteiger partial charge in [0.15, 0.2) is 0 Å². The summed E-state index contributed by atoms with van der Waals surface area (Å²) in [6, 6.07) is 0. The Morgan fingerprint density at radius 2 is 2.29 bits per heavy atom. The lowest BCUT2D eigenvalue weighted by Crippen LogP contribution is -2.29. The Morgan fingerprint density at radius 1 is 1.86 bits per heavy atom. The first kappa shape index (κ1) is 6.98. The molecule has 3 N–H and O–H groups in total. The second-order valence-electron chi connectivity index (χ2n) is 1.88. The van der Waals surface area contributed by atoms with Crippen LogP contribution in [0, 0.1) is 0 Å². The number of nitrogens with two attached hydrogens (primary N) is 1. The summed E-state index contributed by atoms with van der Waals surface area (Å²) < 4.78 is 0. The van der Waals surface area contributed by atoms with Gasteiger partial charge in [0, 0.05) is 0 Å². The zero-order valence-corrected chi connectivity index (χ0v) is 4.89. The summed E-state index contributed by atoms with van der Waals surface area (Å²) in [7, 11) is -0.634. The third kappa shape index (κ3) is 2.65.